The Morgan fingerprint density at radius 1 is 1.03 bits per heavy atom. The fourth-order valence-electron chi connectivity index (χ4n) is 3.48. The van der Waals surface area contributed by atoms with Crippen LogP contribution in [-0.2, 0) is 4.79 Å². The second kappa shape index (κ2) is 9.04. The standard InChI is InChI=1S/C24H19BrClN3O2/c1-15-2-6-17(7-3-15)22-21(27-23(30)18-8-12-20(26)13-9-18)24(31)28-29(22)14-16-4-10-19(25)11-5-16/h2-14,21-22H,1H3,(H-,27,28,30,31)/p+1/b29-14-/t21-,22+/m1/s1. The third-order valence-electron chi connectivity index (χ3n) is 5.11. The summed E-state index contributed by atoms with van der Waals surface area (Å²) >= 11 is 9.36. The minimum Gasteiger partial charge on any atom is -0.334 e. The Kier molecular flexibility index (Phi) is 6.20. The summed E-state index contributed by atoms with van der Waals surface area (Å²) in [5, 5.41) is 3.43. The van der Waals surface area contributed by atoms with Crippen molar-refractivity contribution in [1.82, 2.24) is 10.7 Å². The van der Waals surface area contributed by atoms with Gasteiger partial charge in [-0.25, -0.2) is 0 Å². The Balaban J connectivity index is 1.69. The summed E-state index contributed by atoms with van der Waals surface area (Å²) in [6.07, 6.45) is 1.86. The lowest BCUT2D eigenvalue weighted by Crippen LogP contribution is -2.42. The van der Waals surface area contributed by atoms with E-state index in [0.29, 0.717) is 10.6 Å². The molecule has 0 spiro atoms. The van der Waals surface area contributed by atoms with E-state index in [-0.39, 0.29) is 11.8 Å². The highest BCUT2D eigenvalue weighted by atomic mass is 79.9. The summed E-state index contributed by atoms with van der Waals surface area (Å²) in [7, 11) is 0. The van der Waals surface area contributed by atoms with Crippen molar-refractivity contribution >= 4 is 45.6 Å². The summed E-state index contributed by atoms with van der Waals surface area (Å²) in [5.41, 5.74) is 6.28. The summed E-state index contributed by atoms with van der Waals surface area (Å²) in [5.74, 6) is -0.610. The van der Waals surface area contributed by atoms with Crippen LogP contribution in [0, 0.1) is 6.92 Å². The number of nitrogens with zero attached hydrogens (tertiary/aromatic N) is 1. The molecule has 0 saturated carbocycles. The van der Waals surface area contributed by atoms with Gasteiger partial charge < -0.3 is 5.32 Å². The topological polar surface area (TPSA) is 61.2 Å². The Bertz CT molecular complexity index is 1140. The van der Waals surface area contributed by atoms with Crippen molar-refractivity contribution in [1.29, 1.82) is 0 Å². The maximum atomic E-state index is 12.9. The van der Waals surface area contributed by atoms with Gasteiger partial charge in [-0.3, -0.25) is 9.59 Å². The summed E-state index contributed by atoms with van der Waals surface area (Å²) in [6, 6.07) is 21.1. The third-order valence-corrected chi connectivity index (χ3v) is 5.89. The molecule has 4 rings (SSSR count). The first kappa shape index (κ1) is 21.3. The normalized spacial score (nSPS) is 19.3. The highest BCUT2D eigenvalue weighted by Crippen LogP contribution is 2.26. The van der Waals surface area contributed by atoms with Crippen molar-refractivity contribution in [3.8, 4) is 0 Å². The lowest BCUT2D eigenvalue weighted by Gasteiger charge is -2.15. The third kappa shape index (κ3) is 4.86. The highest BCUT2D eigenvalue weighted by Gasteiger charge is 2.47. The number of rotatable bonds is 4. The molecule has 0 radical (unpaired) electrons. The maximum absolute atomic E-state index is 12.9. The monoisotopic (exact) mass is 496 g/mol. The van der Waals surface area contributed by atoms with Gasteiger partial charge in [-0.05, 0) is 55.5 Å². The molecule has 2 N–H and O–H groups in total. The number of carbonyl (C=O) groups is 2. The maximum Gasteiger partial charge on any atom is 0.304 e. The molecule has 1 aliphatic heterocycles. The van der Waals surface area contributed by atoms with Gasteiger partial charge in [-0.1, -0.05) is 57.4 Å². The van der Waals surface area contributed by atoms with Gasteiger partial charge in [0.15, 0.2) is 6.04 Å². The van der Waals surface area contributed by atoms with Crippen LogP contribution in [0.1, 0.15) is 33.1 Å². The number of nitrogens with one attached hydrogen (secondary N) is 2. The van der Waals surface area contributed by atoms with E-state index in [9.17, 15) is 9.59 Å². The second-order valence-corrected chi connectivity index (χ2v) is 8.73. The first-order valence-electron chi connectivity index (χ1n) is 9.73. The van der Waals surface area contributed by atoms with Gasteiger partial charge in [0.25, 0.3) is 5.91 Å². The number of hydrazine groups is 1. The van der Waals surface area contributed by atoms with Crippen LogP contribution in [0.5, 0.6) is 0 Å². The van der Waals surface area contributed by atoms with Crippen LogP contribution in [0.25, 0.3) is 0 Å². The molecule has 2 atom stereocenters. The van der Waals surface area contributed by atoms with E-state index >= 15 is 0 Å². The quantitative estimate of drug-likeness (QED) is 0.524. The van der Waals surface area contributed by atoms with Crippen molar-refractivity contribution in [2.45, 2.75) is 19.0 Å². The molecule has 5 nitrogen and oxygen atoms in total. The van der Waals surface area contributed by atoms with Crippen molar-refractivity contribution in [2.75, 3.05) is 0 Å². The average Bonchev–Trinajstić information content (AvgIpc) is 3.05. The predicted molar refractivity (Wildman–Crippen MR) is 124 cm³/mol. The first-order chi connectivity index (χ1) is 14.9. The zero-order valence-electron chi connectivity index (χ0n) is 16.7. The van der Waals surface area contributed by atoms with Crippen LogP contribution in [0.4, 0.5) is 0 Å². The molecule has 1 fully saturated rings. The van der Waals surface area contributed by atoms with Crippen molar-refractivity contribution in [3.05, 3.63) is 105 Å². The molecule has 1 heterocycles. The van der Waals surface area contributed by atoms with E-state index in [1.807, 2.05) is 61.7 Å². The van der Waals surface area contributed by atoms with Gasteiger partial charge in [-0.2, -0.15) is 0 Å². The van der Waals surface area contributed by atoms with Crippen LogP contribution in [0.2, 0.25) is 5.02 Å². The second-order valence-electron chi connectivity index (χ2n) is 7.38. The fourth-order valence-corrected chi connectivity index (χ4v) is 3.87. The Morgan fingerprint density at radius 2 is 1.68 bits per heavy atom. The summed E-state index contributed by atoms with van der Waals surface area (Å²) < 4.78 is 2.72. The highest BCUT2D eigenvalue weighted by molar-refractivity contribution is 9.10. The summed E-state index contributed by atoms with van der Waals surface area (Å²) in [6.45, 7) is 2.01. The van der Waals surface area contributed by atoms with Gasteiger partial charge in [-0.15, -0.1) is 10.1 Å². The van der Waals surface area contributed by atoms with Crippen LogP contribution < -0.4 is 10.7 Å². The Hall–Kier alpha value is -2.96. The Labute approximate surface area is 193 Å². The molecule has 1 saturated heterocycles. The zero-order chi connectivity index (χ0) is 22.0. The van der Waals surface area contributed by atoms with Crippen LogP contribution in [0.15, 0.2) is 77.3 Å². The van der Waals surface area contributed by atoms with Crippen molar-refractivity contribution in [2.24, 2.45) is 0 Å². The van der Waals surface area contributed by atoms with Gasteiger partial charge in [0.2, 0.25) is 12.3 Å². The molecule has 31 heavy (non-hydrogen) atoms. The molecule has 1 aliphatic rings. The predicted octanol–water partition coefficient (Wildman–Crippen LogP) is 4.43. The number of benzene rings is 3. The number of aryl methyl sites for hydroxylation is 1. The molecule has 7 heteroatoms. The van der Waals surface area contributed by atoms with E-state index in [4.69, 9.17) is 11.6 Å². The van der Waals surface area contributed by atoms with Gasteiger partial charge >= 0.3 is 5.91 Å². The van der Waals surface area contributed by atoms with E-state index in [1.54, 1.807) is 28.9 Å². The number of hydrazone groups is 1. The molecule has 3 aromatic carbocycles. The molecule has 156 valence electrons. The average molecular weight is 498 g/mol. The smallest absolute Gasteiger partial charge is 0.304 e. The molecule has 0 aromatic heterocycles. The van der Waals surface area contributed by atoms with Crippen molar-refractivity contribution in [3.63, 3.8) is 0 Å². The molecule has 0 bridgehead atoms. The molecular formula is C24H20BrClN3O2+. The van der Waals surface area contributed by atoms with Gasteiger partial charge in [0.05, 0.1) is 0 Å². The van der Waals surface area contributed by atoms with E-state index in [1.165, 1.54) is 0 Å². The van der Waals surface area contributed by atoms with Crippen molar-refractivity contribution < 1.29 is 14.3 Å². The lowest BCUT2D eigenvalue weighted by atomic mass is 9.98. The van der Waals surface area contributed by atoms with E-state index in [0.717, 1.165) is 21.2 Å². The lowest BCUT2D eigenvalue weighted by molar-refractivity contribution is -0.596. The number of carbonyl (C=O) groups excluding carboxylic acids is 2. The minimum atomic E-state index is -0.766. The molecule has 0 aliphatic carbocycles. The molecule has 0 unspecified atom stereocenters. The molecular weight excluding hydrogens is 478 g/mol. The zero-order valence-corrected chi connectivity index (χ0v) is 19.0. The Morgan fingerprint density at radius 3 is 2.32 bits per heavy atom. The fraction of sp³-hybridized carbons (Fsp3) is 0.125. The minimum absolute atomic E-state index is 0.277. The SMILES string of the molecule is Cc1ccc([C@H]2[C@@H](NC(=O)c3ccc(Cl)cc3)C(=O)N/[N+]2=C\c2ccc(Br)cc2)cc1. The number of amides is 2. The molecule has 2 amide bonds. The largest absolute Gasteiger partial charge is 0.334 e. The summed E-state index contributed by atoms with van der Waals surface area (Å²) in [4.78, 5) is 25.7. The van der Waals surface area contributed by atoms with E-state index in [2.05, 4.69) is 26.7 Å². The van der Waals surface area contributed by atoms with Gasteiger partial charge in [0, 0.05) is 26.2 Å². The van der Waals surface area contributed by atoms with E-state index < -0.39 is 12.1 Å². The first-order valence-corrected chi connectivity index (χ1v) is 10.9. The molecule has 3 aromatic rings. The number of hydrogen-bond acceptors (Lipinski definition) is 2. The number of halogens is 2. The van der Waals surface area contributed by atoms with Crippen LogP contribution in [0.3, 0.4) is 0 Å². The van der Waals surface area contributed by atoms with Crippen LogP contribution in [-0.4, -0.2) is 28.8 Å². The number of hydrogen-bond donors (Lipinski definition) is 2. The van der Waals surface area contributed by atoms with Gasteiger partial charge in [0.1, 0.15) is 0 Å². The van der Waals surface area contributed by atoms with Crippen LogP contribution >= 0.6 is 27.5 Å².